The Morgan fingerprint density at radius 2 is 1.75 bits per heavy atom. The quantitative estimate of drug-likeness (QED) is 0.616. The highest BCUT2D eigenvalue weighted by atomic mass is 15.2. The predicted octanol–water partition coefficient (Wildman–Crippen LogP) is 5.20. The third-order valence-corrected chi connectivity index (χ3v) is 6.97. The fraction of sp³-hybridized carbons (Fsp3) is 0.909. The Morgan fingerprint density at radius 1 is 1.08 bits per heavy atom. The number of rotatable bonds is 6. The molecule has 0 bridgehead atoms. The minimum Gasteiger partial charge on any atom is -0.301 e. The first kappa shape index (κ1) is 20.0. The predicted molar refractivity (Wildman–Crippen MR) is 106 cm³/mol. The van der Waals surface area contributed by atoms with E-state index in [4.69, 9.17) is 0 Å². The van der Waals surface area contributed by atoms with E-state index >= 15 is 0 Å². The van der Waals surface area contributed by atoms with Crippen LogP contribution in [-0.2, 0) is 0 Å². The molecule has 0 saturated carbocycles. The number of nitrogens with zero attached hydrogens (tertiary/aromatic N) is 2. The van der Waals surface area contributed by atoms with Gasteiger partial charge in [0, 0.05) is 18.6 Å². The molecule has 140 valence electrons. The minimum atomic E-state index is 0.316. The molecular weight excluding hydrogens is 292 g/mol. The Hall–Kier alpha value is -0.340. The second kappa shape index (κ2) is 7.50. The molecule has 2 aliphatic rings. The topological polar surface area (TPSA) is 6.48 Å². The average molecular weight is 335 g/mol. The molecule has 2 rings (SSSR count). The molecular formula is C22H42N2. The molecule has 0 amide bonds. The Morgan fingerprint density at radius 3 is 2.25 bits per heavy atom. The van der Waals surface area contributed by atoms with Gasteiger partial charge < -0.3 is 4.90 Å². The van der Waals surface area contributed by atoms with Crippen LogP contribution in [0.1, 0.15) is 74.7 Å². The Balaban J connectivity index is 1.82. The van der Waals surface area contributed by atoms with Gasteiger partial charge >= 0.3 is 0 Å². The van der Waals surface area contributed by atoms with Crippen LogP contribution in [-0.4, -0.2) is 48.1 Å². The number of hydrogen-bond donors (Lipinski definition) is 0. The van der Waals surface area contributed by atoms with Gasteiger partial charge in [-0.25, -0.2) is 0 Å². The highest BCUT2D eigenvalue weighted by Crippen LogP contribution is 2.42. The van der Waals surface area contributed by atoms with Gasteiger partial charge in [0.1, 0.15) is 0 Å². The number of likely N-dealkylation sites (tertiary alicyclic amines) is 1. The van der Waals surface area contributed by atoms with Crippen molar-refractivity contribution in [2.24, 2.45) is 16.7 Å². The third-order valence-electron chi connectivity index (χ3n) is 6.97. The van der Waals surface area contributed by atoms with E-state index in [9.17, 15) is 0 Å². The Bertz CT molecular complexity index is 443. The molecule has 2 heteroatoms. The van der Waals surface area contributed by atoms with Crippen LogP contribution in [0.15, 0.2) is 11.6 Å². The highest BCUT2D eigenvalue weighted by Gasteiger charge is 2.39. The summed E-state index contributed by atoms with van der Waals surface area (Å²) >= 11 is 0. The molecule has 3 atom stereocenters. The summed E-state index contributed by atoms with van der Waals surface area (Å²) in [7, 11) is 0. The molecule has 1 saturated heterocycles. The third kappa shape index (κ3) is 4.25. The van der Waals surface area contributed by atoms with Crippen molar-refractivity contribution in [2.75, 3.05) is 26.2 Å². The van der Waals surface area contributed by atoms with Crippen molar-refractivity contribution in [1.29, 1.82) is 0 Å². The van der Waals surface area contributed by atoms with Gasteiger partial charge in [0.25, 0.3) is 0 Å². The molecule has 2 heterocycles. The van der Waals surface area contributed by atoms with Gasteiger partial charge in [-0.2, -0.15) is 0 Å². The van der Waals surface area contributed by atoms with Crippen LogP contribution in [0, 0.1) is 16.7 Å². The van der Waals surface area contributed by atoms with E-state index in [1.807, 2.05) is 0 Å². The van der Waals surface area contributed by atoms with Crippen LogP contribution in [0.4, 0.5) is 0 Å². The number of hydrogen-bond acceptors (Lipinski definition) is 2. The molecule has 0 aromatic heterocycles. The molecule has 2 aliphatic heterocycles. The zero-order valence-electron chi connectivity index (χ0n) is 17.7. The van der Waals surface area contributed by atoms with Gasteiger partial charge in [-0.15, -0.1) is 0 Å². The molecule has 1 fully saturated rings. The van der Waals surface area contributed by atoms with Crippen molar-refractivity contribution >= 4 is 0 Å². The van der Waals surface area contributed by atoms with Crippen molar-refractivity contribution in [3.05, 3.63) is 11.6 Å². The maximum atomic E-state index is 2.67. The van der Waals surface area contributed by atoms with Crippen molar-refractivity contribution in [2.45, 2.75) is 86.7 Å². The molecule has 24 heavy (non-hydrogen) atoms. The van der Waals surface area contributed by atoms with Crippen LogP contribution in [0.5, 0.6) is 0 Å². The van der Waals surface area contributed by atoms with Crippen LogP contribution in [0.2, 0.25) is 0 Å². The summed E-state index contributed by atoms with van der Waals surface area (Å²) < 4.78 is 0. The zero-order valence-corrected chi connectivity index (χ0v) is 17.7. The first-order valence-electron chi connectivity index (χ1n) is 10.3. The monoisotopic (exact) mass is 334 g/mol. The van der Waals surface area contributed by atoms with Crippen LogP contribution in [0.25, 0.3) is 0 Å². The minimum absolute atomic E-state index is 0.316. The lowest BCUT2D eigenvalue weighted by atomic mass is 9.72. The molecule has 0 aromatic rings. The lowest BCUT2D eigenvalue weighted by molar-refractivity contribution is 0.132. The molecule has 0 aliphatic carbocycles. The standard InChI is InChI=1S/C22H42N2/c1-9-23-15-12-20(18(23)3)22(7,8)13-10-14-24-16-11-19(17(24)2)21(4,5)6/h11,17-18,20H,9-10,12-16H2,1-8H3/t17-,18?,20?/m0/s1. The van der Waals surface area contributed by atoms with E-state index in [1.54, 1.807) is 5.57 Å². The molecule has 2 unspecified atom stereocenters. The van der Waals surface area contributed by atoms with Gasteiger partial charge in [0.2, 0.25) is 0 Å². The Labute approximate surface area is 151 Å². The van der Waals surface area contributed by atoms with Crippen molar-refractivity contribution < 1.29 is 0 Å². The zero-order chi connectivity index (χ0) is 18.1. The van der Waals surface area contributed by atoms with Crippen LogP contribution in [0.3, 0.4) is 0 Å². The van der Waals surface area contributed by atoms with Gasteiger partial charge in [-0.05, 0) is 69.5 Å². The lowest BCUT2D eigenvalue weighted by Crippen LogP contribution is -2.37. The highest BCUT2D eigenvalue weighted by molar-refractivity contribution is 5.22. The van der Waals surface area contributed by atoms with Crippen molar-refractivity contribution in [1.82, 2.24) is 9.80 Å². The second-order valence-corrected chi connectivity index (χ2v) is 9.94. The first-order valence-corrected chi connectivity index (χ1v) is 10.3. The molecule has 0 radical (unpaired) electrons. The average Bonchev–Trinajstić information content (AvgIpc) is 3.02. The van der Waals surface area contributed by atoms with Gasteiger partial charge in [0.15, 0.2) is 0 Å². The SMILES string of the molecule is CCN1CCC(C(C)(C)CCCN2CC=C(C(C)(C)C)[C@@H]2C)C1C. The summed E-state index contributed by atoms with van der Waals surface area (Å²) in [6, 6.07) is 1.37. The maximum absolute atomic E-state index is 2.67. The van der Waals surface area contributed by atoms with E-state index < -0.39 is 0 Å². The summed E-state index contributed by atoms with van der Waals surface area (Å²) in [5.74, 6) is 0.858. The normalized spacial score (nSPS) is 30.2. The van der Waals surface area contributed by atoms with Crippen LogP contribution < -0.4 is 0 Å². The van der Waals surface area contributed by atoms with Crippen LogP contribution >= 0.6 is 0 Å². The Kier molecular flexibility index (Phi) is 6.24. The summed E-state index contributed by atoms with van der Waals surface area (Å²) in [5.41, 5.74) is 2.41. The summed E-state index contributed by atoms with van der Waals surface area (Å²) in [6.45, 7) is 24.1. The molecule has 0 spiro atoms. The van der Waals surface area contributed by atoms with Gasteiger partial charge in [-0.1, -0.05) is 53.2 Å². The summed E-state index contributed by atoms with van der Waals surface area (Å²) in [6.07, 6.45) is 6.55. The van der Waals surface area contributed by atoms with E-state index in [2.05, 4.69) is 71.3 Å². The maximum Gasteiger partial charge on any atom is 0.0288 e. The fourth-order valence-electron chi connectivity index (χ4n) is 5.38. The van der Waals surface area contributed by atoms with Gasteiger partial charge in [0.05, 0.1) is 0 Å². The van der Waals surface area contributed by atoms with Gasteiger partial charge in [-0.3, -0.25) is 4.90 Å². The van der Waals surface area contributed by atoms with E-state index in [0.717, 1.165) is 18.5 Å². The fourth-order valence-corrected chi connectivity index (χ4v) is 5.38. The van der Waals surface area contributed by atoms with Crippen molar-refractivity contribution in [3.63, 3.8) is 0 Å². The van der Waals surface area contributed by atoms with E-state index in [1.165, 1.54) is 38.9 Å². The summed E-state index contributed by atoms with van der Waals surface area (Å²) in [4.78, 5) is 5.33. The smallest absolute Gasteiger partial charge is 0.0288 e. The largest absolute Gasteiger partial charge is 0.301 e. The molecule has 0 N–H and O–H groups in total. The summed E-state index contributed by atoms with van der Waals surface area (Å²) in [5, 5.41) is 0. The van der Waals surface area contributed by atoms with Crippen molar-refractivity contribution in [3.8, 4) is 0 Å². The van der Waals surface area contributed by atoms with E-state index in [0.29, 0.717) is 16.9 Å². The molecule has 2 nitrogen and oxygen atoms in total. The van der Waals surface area contributed by atoms with E-state index in [-0.39, 0.29) is 0 Å². The second-order valence-electron chi connectivity index (χ2n) is 9.94. The molecule has 0 aromatic carbocycles. The first-order chi connectivity index (χ1) is 11.1. The lowest BCUT2D eigenvalue weighted by Gasteiger charge is -2.37.